The molecule has 4 rings (SSSR count). The lowest BCUT2D eigenvalue weighted by Gasteiger charge is -2.40. The van der Waals surface area contributed by atoms with Crippen LogP contribution in [0.3, 0.4) is 0 Å². The molecule has 2 aliphatic rings. The second kappa shape index (κ2) is 10.9. The molecule has 1 aliphatic carbocycles. The summed E-state index contributed by atoms with van der Waals surface area (Å²) in [7, 11) is 0. The average Bonchev–Trinajstić information content (AvgIpc) is 2.82. The number of aliphatic hydroxyl groups is 4. The minimum atomic E-state index is -1.44. The molecule has 6 nitrogen and oxygen atoms in total. The number of ether oxygens (including phenoxy) is 2. The Morgan fingerprint density at radius 2 is 1.76 bits per heavy atom. The molecule has 2 aromatic carbocycles. The van der Waals surface area contributed by atoms with Gasteiger partial charge in [0.2, 0.25) is 0 Å². The lowest BCUT2D eigenvalue weighted by Crippen LogP contribution is -2.55. The van der Waals surface area contributed by atoms with Crippen molar-refractivity contribution < 1.29 is 34.3 Å². The molecule has 0 bridgehead atoms. The van der Waals surface area contributed by atoms with Crippen molar-refractivity contribution in [1.82, 2.24) is 0 Å². The van der Waals surface area contributed by atoms with Gasteiger partial charge in [0.05, 0.1) is 13.2 Å². The molecule has 2 fully saturated rings. The number of benzene rings is 2. The molecular weight excluding hydrogens is 463 g/mol. The van der Waals surface area contributed by atoms with Crippen LogP contribution in [0.1, 0.15) is 54.9 Å². The van der Waals surface area contributed by atoms with Gasteiger partial charge in [0.15, 0.2) is 0 Å². The van der Waals surface area contributed by atoms with Gasteiger partial charge in [0.25, 0.3) is 0 Å². The fourth-order valence-electron chi connectivity index (χ4n) is 4.60. The Morgan fingerprint density at radius 1 is 1.03 bits per heavy atom. The highest BCUT2D eigenvalue weighted by molar-refractivity contribution is 6.31. The van der Waals surface area contributed by atoms with Crippen LogP contribution in [0.4, 0.5) is 4.39 Å². The highest BCUT2D eigenvalue weighted by Crippen LogP contribution is 2.39. The first-order chi connectivity index (χ1) is 16.3. The van der Waals surface area contributed by atoms with Gasteiger partial charge in [0, 0.05) is 5.02 Å². The monoisotopic (exact) mass is 494 g/mol. The van der Waals surface area contributed by atoms with Crippen LogP contribution in [0.15, 0.2) is 42.5 Å². The third-order valence-electron chi connectivity index (χ3n) is 6.90. The van der Waals surface area contributed by atoms with Crippen molar-refractivity contribution in [3.63, 3.8) is 0 Å². The summed E-state index contributed by atoms with van der Waals surface area (Å²) in [5, 5.41) is 40.5. The minimum absolute atomic E-state index is 0.481. The zero-order valence-electron chi connectivity index (χ0n) is 18.9. The van der Waals surface area contributed by atoms with Crippen LogP contribution in [0.5, 0.6) is 5.75 Å². The standard InChI is InChI=1S/C26H32ClFO6/c27-20-8-5-17(25-24(32)23(31)22(30)21(15-29)34-25)14-18(20)13-16-3-6-19(7-4-16)33-12-2-11-26(28)9-1-10-26/h3-8,14,21-25,29-32H,1-2,9-13,15H2/t21-,22-,23+,24-,25+/m1/s1. The molecule has 1 heterocycles. The zero-order chi connectivity index (χ0) is 24.3. The number of hydrogen-bond donors (Lipinski definition) is 4. The van der Waals surface area contributed by atoms with E-state index in [0.29, 0.717) is 49.3 Å². The number of alkyl halides is 1. The van der Waals surface area contributed by atoms with E-state index in [1.807, 2.05) is 24.3 Å². The molecule has 4 N–H and O–H groups in total. The van der Waals surface area contributed by atoms with Crippen LogP contribution in [0.2, 0.25) is 5.02 Å². The van der Waals surface area contributed by atoms with Crippen molar-refractivity contribution >= 4 is 11.6 Å². The molecule has 0 amide bonds. The van der Waals surface area contributed by atoms with E-state index in [1.54, 1.807) is 18.2 Å². The maximum Gasteiger partial charge on any atom is 0.119 e. The minimum Gasteiger partial charge on any atom is -0.494 e. The molecule has 1 aliphatic heterocycles. The molecular formula is C26H32ClFO6. The second-order valence-corrected chi connectivity index (χ2v) is 9.78. The summed E-state index contributed by atoms with van der Waals surface area (Å²) >= 11 is 6.41. The van der Waals surface area contributed by atoms with Gasteiger partial charge in [0.1, 0.15) is 41.9 Å². The molecule has 0 spiro atoms. The summed E-state index contributed by atoms with van der Waals surface area (Å²) in [6.07, 6.45) is -1.99. The van der Waals surface area contributed by atoms with Gasteiger partial charge in [-0.15, -0.1) is 0 Å². The first-order valence-corrected chi connectivity index (χ1v) is 12.2. The van der Waals surface area contributed by atoms with E-state index < -0.39 is 42.8 Å². The van der Waals surface area contributed by atoms with E-state index in [0.717, 1.165) is 23.3 Å². The van der Waals surface area contributed by atoms with Crippen molar-refractivity contribution in [3.8, 4) is 5.75 Å². The summed E-state index contributed by atoms with van der Waals surface area (Å²) in [5.74, 6) is 0.728. The Balaban J connectivity index is 1.37. The van der Waals surface area contributed by atoms with Gasteiger partial charge >= 0.3 is 0 Å². The Bertz CT molecular complexity index is 949. The van der Waals surface area contributed by atoms with E-state index >= 15 is 0 Å². The smallest absolute Gasteiger partial charge is 0.119 e. The maximum absolute atomic E-state index is 14.0. The van der Waals surface area contributed by atoms with Gasteiger partial charge in [-0.2, -0.15) is 0 Å². The third-order valence-corrected chi connectivity index (χ3v) is 7.26. The normalized spacial score (nSPS) is 28.4. The Kier molecular flexibility index (Phi) is 8.12. The van der Waals surface area contributed by atoms with E-state index in [9.17, 15) is 24.8 Å². The highest BCUT2D eigenvalue weighted by atomic mass is 35.5. The van der Waals surface area contributed by atoms with E-state index in [2.05, 4.69) is 0 Å². The summed E-state index contributed by atoms with van der Waals surface area (Å²) in [6, 6.07) is 12.8. The molecule has 186 valence electrons. The molecule has 2 aromatic rings. The number of hydrogen-bond acceptors (Lipinski definition) is 6. The predicted molar refractivity (Wildman–Crippen MR) is 126 cm³/mol. The van der Waals surface area contributed by atoms with Crippen LogP contribution in [-0.4, -0.2) is 63.7 Å². The van der Waals surface area contributed by atoms with Gasteiger partial charge in [-0.25, -0.2) is 4.39 Å². The molecule has 0 unspecified atom stereocenters. The molecule has 0 radical (unpaired) electrons. The third kappa shape index (κ3) is 5.73. The van der Waals surface area contributed by atoms with Crippen molar-refractivity contribution in [1.29, 1.82) is 0 Å². The quantitative estimate of drug-likeness (QED) is 0.398. The molecule has 34 heavy (non-hydrogen) atoms. The Hall–Kier alpha value is -1.74. The van der Waals surface area contributed by atoms with Gasteiger partial charge < -0.3 is 29.9 Å². The fraction of sp³-hybridized carbons (Fsp3) is 0.538. The van der Waals surface area contributed by atoms with Crippen molar-refractivity contribution in [2.45, 2.75) is 74.7 Å². The SMILES string of the molecule is OC[C@H]1O[C@@H](c2ccc(Cl)c(Cc3ccc(OCCCC4(F)CCC4)cc3)c2)[C@H](O)[C@@H](O)[C@@H]1O. The predicted octanol–water partition coefficient (Wildman–Crippen LogP) is 3.50. The first kappa shape index (κ1) is 25.4. The zero-order valence-corrected chi connectivity index (χ0v) is 19.7. The first-order valence-electron chi connectivity index (χ1n) is 11.8. The number of halogens is 2. The number of rotatable bonds is 9. The van der Waals surface area contributed by atoms with Crippen molar-refractivity contribution in [3.05, 3.63) is 64.2 Å². The largest absolute Gasteiger partial charge is 0.494 e. The summed E-state index contributed by atoms with van der Waals surface area (Å²) in [4.78, 5) is 0. The molecule has 1 saturated carbocycles. The lowest BCUT2D eigenvalue weighted by molar-refractivity contribution is -0.231. The van der Waals surface area contributed by atoms with Crippen LogP contribution >= 0.6 is 11.6 Å². The van der Waals surface area contributed by atoms with Crippen LogP contribution in [0.25, 0.3) is 0 Å². The summed E-state index contributed by atoms with van der Waals surface area (Å²) in [5.41, 5.74) is 1.42. The Morgan fingerprint density at radius 3 is 2.41 bits per heavy atom. The highest BCUT2D eigenvalue weighted by Gasteiger charge is 2.44. The van der Waals surface area contributed by atoms with Crippen LogP contribution < -0.4 is 4.74 Å². The topological polar surface area (TPSA) is 99.4 Å². The van der Waals surface area contributed by atoms with E-state index in [4.69, 9.17) is 21.1 Å². The van der Waals surface area contributed by atoms with E-state index in [-0.39, 0.29) is 0 Å². The molecule has 8 heteroatoms. The fourth-order valence-corrected chi connectivity index (χ4v) is 4.78. The van der Waals surface area contributed by atoms with Crippen LogP contribution in [0, 0.1) is 0 Å². The van der Waals surface area contributed by atoms with Gasteiger partial charge in [-0.1, -0.05) is 35.9 Å². The lowest BCUT2D eigenvalue weighted by atomic mass is 9.79. The van der Waals surface area contributed by atoms with Crippen molar-refractivity contribution in [2.24, 2.45) is 0 Å². The van der Waals surface area contributed by atoms with Crippen LogP contribution in [-0.2, 0) is 11.2 Å². The second-order valence-electron chi connectivity index (χ2n) is 9.38. The van der Waals surface area contributed by atoms with Gasteiger partial charge in [-0.3, -0.25) is 0 Å². The number of aliphatic hydroxyl groups excluding tert-OH is 4. The molecule has 0 aromatic heterocycles. The average molecular weight is 495 g/mol. The van der Waals surface area contributed by atoms with E-state index in [1.165, 1.54) is 0 Å². The molecule has 1 saturated heterocycles. The Labute approximate surface area is 203 Å². The van der Waals surface area contributed by atoms with Crippen molar-refractivity contribution in [2.75, 3.05) is 13.2 Å². The molecule has 5 atom stereocenters. The maximum atomic E-state index is 14.0. The summed E-state index contributed by atoms with van der Waals surface area (Å²) in [6.45, 7) is 0.00293. The van der Waals surface area contributed by atoms with Gasteiger partial charge in [-0.05, 0) is 73.4 Å². The summed E-state index contributed by atoms with van der Waals surface area (Å²) < 4.78 is 25.5.